The minimum atomic E-state index is -0.527. The molecule has 0 radical (unpaired) electrons. The van der Waals surface area contributed by atoms with E-state index in [1.54, 1.807) is 12.2 Å². The first-order chi connectivity index (χ1) is 8.19. The van der Waals surface area contributed by atoms with Gasteiger partial charge in [-0.1, -0.05) is 12.2 Å². The topological polar surface area (TPSA) is 61.8 Å². The van der Waals surface area contributed by atoms with Crippen LogP contribution >= 0.6 is 0 Å². The summed E-state index contributed by atoms with van der Waals surface area (Å²) in [5.41, 5.74) is 0. The van der Waals surface area contributed by atoms with Crippen LogP contribution in [0, 0.1) is 11.8 Å². The smallest absolute Gasteiger partial charge is 0.312 e. The molecule has 0 bridgehead atoms. The molecule has 1 fully saturated rings. The van der Waals surface area contributed by atoms with E-state index in [0.717, 1.165) is 0 Å². The average molecular weight is 240 g/mol. The number of methoxy groups -OCH3 is 1. The molecule has 1 rings (SSSR count). The van der Waals surface area contributed by atoms with Crippen molar-refractivity contribution < 1.29 is 23.8 Å². The first-order valence-corrected chi connectivity index (χ1v) is 5.23. The number of ether oxygens (including phenoxy) is 3. The molecule has 1 saturated heterocycles. The first-order valence-electron chi connectivity index (χ1n) is 5.23. The van der Waals surface area contributed by atoms with E-state index in [0.29, 0.717) is 6.47 Å². The molecule has 1 heterocycles. The van der Waals surface area contributed by atoms with Gasteiger partial charge in [0.1, 0.15) is 0 Å². The normalized spacial score (nSPS) is 31.6. The number of carbonyl (C=O) groups excluding carboxylic acids is 2. The molecule has 5 nitrogen and oxygen atoms in total. The Hall–Kier alpha value is -1.62. The maximum Gasteiger partial charge on any atom is 0.312 e. The lowest BCUT2D eigenvalue weighted by Crippen LogP contribution is -2.32. The van der Waals surface area contributed by atoms with Crippen LogP contribution in [0.25, 0.3) is 0 Å². The molecule has 0 aliphatic carbocycles. The van der Waals surface area contributed by atoms with Crippen molar-refractivity contribution in [3.63, 3.8) is 0 Å². The molecule has 1 aliphatic rings. The van der Waals surface area contributed by atoms with Gasteiger partial charge < -0.3 is 14.2 Å². The van der Waals surface area contributed by atoms with E-state index in [9.17, 15) is 9.59 Å². The molecule has 0 amide bonds. The van der Waals surface area contributed by atoms with Crippen LogP contribution in [0.15, 0.2) is 25.3 Å². The van der Waals surface area contributed by atoms with Crippen molar-refractivity contribution in [2.75, 3.05) is 13.7 Å². The molecule has 94 valence electrons. The van der Waals surface area contributed by atoms with Gasteiger partial charge in [0.2, 0.25) is 0 Å². The van der Waals surface area contributed by atoms with Crippen molar-refractivity contribution in [2.24, 2.45) is 11.8 Å². The van der Waals surface area contributed by atoms with Crippen molar-refractivity contribution in [2.45, 2.75) is 12.2 Å². The number of carbonyl (C=O) groups is 2. The van der Waals surface area contributed by atoms with Gasteiger partial charge >= 0.3 is 5.97 Å². The van der Waals surface area contributed by atoms with Crippen LogP contribution in [-0.4, -0.2) is 38.4 Å². The fourth-order valence-corrected chi connectivity index (χ4v) is 2.04. The summed E-state index contributed by atoms with van der Waals surface area (Å²) < 4.78 is 15.0. The van der Waals surface area contributed by atoms with Gasteiger partial charge in [-0.25, -0.2) is 0 Å². The number of esters is 1. The van der Waals surface area contributed by atoms with Crippen molar-refractivity contribution in [3.05, 3.63) is 25.3 Å². The molecule has 0 N–H and O–H groups in total. The molecule has 4 atom stereocenters. The molecule has 0 aromatic heterocycles. The minimum absolute atomic E-state index is 0.0876. The van der Waals surface area contributed by atoms with Gasteiger partial charge in [-0.15, -0.1) is 13.2 Å². The van der Waals surface area contributed by atoms with Crippen LogP contribution in [0.3, 0.4) is 0 Å². The summed E-state index contributed by atoms with van der Waals surface area (Å²) in [5.74, 6) is -1.23. The Labute approximate surface area is 100 Å². The molecule has 1 aliphatic heterocycles. The van der Waals surface area contributed by atoms with Crippen LogP contribution in [-0.2, 0) is 23.8 Å². The Morgan fingerprint density at radius 2 is 2.00 bits per heavy atom. The van der Waals surface area contributed by atoms with E-state index < -0.39 is 18.0 Å². The van der Waals surface area contributed by atoms with Crippen LogP contribution < -0.4 is 0 Å². The summed E-state index contributed by atoms with van der Waals surface area (Å²) >= 11 is 0. The first kappa shape index (κ1) is 13.4. The SMILES string of the molecule is C=CC1OC(C=C)C(C(=O)OC)C1COC=O. The van der Waals surface area contributed by atoms with E-state index in [-0.39, 0.29) is 18.6 Å². The molecule has 4 unspecified atom stereocenters. The van der Waals surface area contributed by atoms with Gasteiger partial charge in [0.05, 0.1) is 31.8 Å². The third-order valence-corrected chi connectivity index (χ3v) is 2.85. The lowest BCUT2D eigenvalue weighted by atomic mass is 9.87. The summed E-state index contributed by atoms with van der Waals surface area (Å²) in [5, 5.41) is 0. The fraction of sp³-hybridized carbons (Fsp3) is 0.500. The molecule has 0 spiro atoms. The standard InChI is InChI=1S/C12H16O5/c1-4-9-8(6-16-7-13)11(12(14)15-3)10(5-2)17-9/h4-5,7-11H,1-2,6H2,3H3. The Kier molecular flexibility index (Phi) is 4.90. The zero-order valence-electron chi connectivity index (χ0n) is 9.70. The van der Waals surface area contributed by atoms with Crippen molar-refractivity contribution in [3.8, 4) is 0 Å². The van der Waals surface area contributed by atoms with Crippen LogP contribution in [0.4, 0.5) is 0 Å². The van der Waals surface area contributed by atoms with E-state index in [1.807, 2.05) is 0 Å². The van der Waals surface area contributed by atoms with E-state index in [1.165, 1.54) is 7.11 Å². The van der Waals surface area contributed by atoms with E-state index in [4.69, 9.17) is 14.2 Å². The Morgan fingerprint density at radius 3 is 2.47 bits per heavy atom. The number of rotatable bonds is 6. The highest BCUT2D eigenvalue weighted by Crippen LogP contribution is 2.35. The molecular weight excluding hydrogens is 224 g/mol. The second-order valence-corrected chi connectivity index (χ2v) is 3.68. The summed E-state index contributed by atoms with van der Waals surface area (Å²) in [6, 6.07) is 0. The molecule has 0 aromatic rings. The van der Waals surface area contributed by atoms with Crippen molar-refractivity contribution in [1.29, 1.82) is 0 Å². The van der Waals surface area contributed by atoms with Crippen LogP contribution in [0.1, 0.15) is 0 Å². The largest absolute Gasteiger partial charge is 0.469 e. The van der Waals surface area contributed by atoms with Gasteiger partial charge in [0.15, 0.2) is 0 Å². The third kappa shape index (κ3) is 2.74. The summed E-state index contributed by atoms with van der Waals surface area (Å²) in [4.78, 5) is 21.9. The molecule has 17 heavy (non-hydrogen) atoms. The monoisotopic (exact) mass is 240 g/mol. The predicted octanol–water partition coefficient (Wildman–Crippen LogP) is 0.704. The van der Waals surface area contributed by atoms with Crippen LogP contribution in [0.2, 0.25) is 0 Å². The fourth-order valence-electron chi connectivity index (χ4n) is 2.04. The molecule has 0 saturated carbocycles. The van der Waals surface area contributed by atoms with Gasteiger partial charge in [-0.2, -0.15) is 0 Å². The highest BCUT2D eigenvalue weighted by Gasteiger charge is 2.47. The summed E-state index contributed by atoms with van der Waals surface area (Å²) in [6.07, 6.45) is 2.31. The summed E-state index contributed by atoms with van der Waals surface area (Å²) in [6.45, 7) is 7.68. The second-order valence-electron chi connectivity index (χ2n) is 3.68. The van der Waals surface area contributed by atoms with Crippen LogP contribution in [0.5, 0.6) is 0 Å². The molecule has 0 aromatic carbocycles. The van der Waals surface area contributed by atoms with Gasteiger partial charge in [0, 0.05) is 5.92 Å². The lowest BCUT2D eigenvalue weighted by Gasteiger charge is -2.18. The highest BCUT2D eigenvalue weighted by atomic mass is 16.5. The quantitative estimate of drug-likeness (QED) is 0.388. The van der Waals surface area contributed by atoms with Crippen molar-refractivity contribution in [1.82, 2.24) is 0 Å². The maximum atomic E-state index is 11.7. The van der Waals surface area contributed by atoms with E-state index >= 15 is 0 Å². The third-order valence-electron chi connectivity index (χ3n) is 2.85. The number of hydrogen-bond acceptors (Lipinski definition) is 5. The highest BCUT2D eigenvalue weighted by molar-refractivity contribution is 5.74. The van der Waals surface area contributed by atoms with Gasteiger partial charge in [-0.3, -0.25) is 9.59 Å². The molecule has 5 heteroatoms. The molecular formula is C12H16O5. The minimum Gasteiger partial charge on any atom is -0.469 e. The maximum absolute atomic E-state index is 11.7. The average Bonchev–Trinajstić information content (AvgIpc) is 2.72. The Balaban J connectivity index is 2.90. The lowest BCUT2D eigenvalue weighted by molar-refractivity contribution is -0.149. The zero-order chi connectivity index (χ0) is 12.8. The Morgan fingerprint density at radius 1 is 1.35 bits per heavy atom. The van der Waals surface area contributed by atoms with Gasteiger partial charge in [0.25, 0.3) is 6.47 Å². The summed E-state index contributed by atoms with van der Waals surface area (Å²) in [7, 11) is 1.31. The second kappa shape index (κ2) is 6.20. The predicted molar refractivity (Wildman–Crippen MR) is 60.1 cm³/mol. The van der Waals surface area contributed by atoms with Gasteiger partial charge in [-0.05, 0) is 0 Å². The van der Waals surface area contributed by atoms with E-state index in [2.05, 4.69) is 13.2 Å². The number of hydrogen-bond donors (Lipinski definition) is 0. The Bertz CT molecular complexity index is 312. The van der Waals surface area contributed by atoms with Crippen molar-refractivity contribution >= 4 is 12.4 Å². The zero-order valence-corrected chi connectivity index (χ0v) is 9.70.